The first-order chi connectivity index (χ1) is 10.2. The Morgan fingerprint density at radius 3 is 2.18 bits per heavy atom. The zero-order valence-corrected chi connectivity index (χ0v) is 16.3. The molecule has 0 aromatic rings. The normalized spacial score (nSPS) is 28.9. The molecule has 0 aromatic carbocycles. The molecule has 0 radical (unpaired) electrons. The smallest absolute Gasteiger partial charge is 0.258 e. The molecule has 2 aliphatic rings. The molecule has 1 aliphatic carbocycles. The van der Waals surface area contributed by atoms with Crippen LogP contribution < -0.4 is 5.32 Å². The van der Waals surface area contributed by atoms with E-state index in [1.807, 2.05) is 6.92 Å². The van der Waals surface area contributed by atoms with Gasteiger partial charge in [0.15, 0.2) is 0 Å². The van der Waals surface area contributed by atoms with Crippen LogP contribution in [0.4, 0.5) is 0 Å². The molecule has 0 unspecified atom stereocenters. The van der Waals surface area contributed by atoms with Crippen molar-refractivity contribution in [2.75, 3.05) is 0 Å². The maximum atomic E-state index is 12.1. The molecule has 22 heavy (non-hydrogen) atoms. The second-order valence-corrected chi connectivity index (χ2v) is 13.4. The molecule has 126 valence electrons. The number of carbonyl (C=O) groups is 1. The van der Waals surface area contributed by atoms with Crippen molar-refractivity contribution >= 4 is 14.2 Å². The largest absolute Gasteiger partial charge is 0.546 e. The molecule has 0 spiro atoms. The molecule has 0 saturated carbocycles. The Bertz CT molecular complexity index is 434. The van der Waals surface area contributed by atoms with Crippen LogP contribution in [-0.2, 0) is 9.22 Å². The molecule has 0 bridgehead atoms. The number of hydrogen-bond donors (Lipinski definition) is 1. The highest BCUT2D eigenvalue weighted by Gasteiger charge is 2.51. The summed E-state index contributed by atoms with van der Waals surface area (Å²) in [5.41, 5.74) is 1.69. The lowest BCUT2D eigenvalue weighted by atomic mass is 9.84. The van der Waals surface area contributed by atoms with Gasteiger partial charge in [-0.25, -0.2) is 0 Å². The van der Waals surface area contributed by atoms with Crippen LogP contribution in [0.5, 0.6) is 0 Å². The van der Waals surface area contributed by atoms with Crippen LogP contribution in [0.2, 0.25) is 16.6 Å². The van der Waals surface area contributed by atoms with E-state index < -0.39 is 8.32 Å². The van der Waals surface area contributed by atoms with E-state index in [4.69, 9.17) is 4.43 Å². The molecule has 1 aliphatic heterocycles. The maximum absolute atomic E-state index is 12.1. The van der Waals surface area contributed by atoms with Crippen LogP contribution in [0.3, 0.4) is 0 Å². The molecule has 4 heteroatoms. The van der Waals surface area contributed by atoms with E-state index in [0.29, 0.717) is 16.6 Å². The van der Waals surface area contributed by atoms with Gasteiger partial charge in [0.25, 0.3) is 8.32 Å². The molecule has 2 rings (SSSR count). The minimum atomic E-state index is -1.93. The quantitative estimate of drug-likeness (QED) is 0.750. The van der Waals surface area contributed by atoms with E-state index in [-0.39, 0.29) is 23.8 Å². The van der Waals surface area contributed by atoms with Gasteiger partial charge in [0.05, 0.1) is 5.76 Å². The van der Waals surface area contributed by atoms with Crippen LogP contribution in [-0.4, -0.2) is 20.3 Å². The monoisotopic (exact) mass is 323 g/mol. The van der Waals surface area contributed by atoms with E-state index >= 15 is 0 Å². The Morgan fingerprint density at radius 1 is 1.14 bits per heavy atom. The van der Waals surface area contributed by atoms with Crippen LogP contribution in [0, 0.1) is 11.8 Å². The fourth-order valence-electron chi connectivity index (χ4n) is 4.82. The van der Waals surface area contributed by atoms with Crippen LogP contribution >= 0.6 is 0 Å². The molecule has 1 saturated heterocycles. The third-order valence-corrected chi connectivity index (χ3v) is 11.9. The van der Waals surface area contributed by atoms with Gasteiger partial charge in [-0.15, -0.1) is 0 Å². The third kappa shape index (κ3) is 2.75. The third-order valence-electron chi connectivity index (χ3n) is 5.87. The number of carbonyl (C=O) groups excluding carboxylic acids is 1. The standard InChI is InChI=1S/C18H33NO2Si/c1-11(2)22(12(3)4,13(5)6)21-16-10-8-9-15-17(16)14(7)18(20)19-15/h10-15,17H,8-9H2,1-7H3,(H,19,20)/t14-,15+,17+/m0/s1. The van der Waals surface area contributed by atoms with Gasteiger partial charge in [-0.1, -0.05) is 48.5 Å². The van der Waals surface area contributed by atoms with Crippen molar-refractivity contribution in [1.82, 2.24) is 5.32 Å². The van der Waals surface area contributed by atoms with Gasteiger partial charge in [0.1, 0.15) is 0 Å². The molecular weight excluding hydrogens is 290 g/mol. The average molecular weight is 324 g/mol. The second kappa shape index (κ2) is 6.38. The first kappa shape index (κ1) is 17.6. The fraction of sp³-hybridized carbons (Fsp3) is 0.833. The first-order valence-corrected chi connectivity index (χ1v) is 11.0. The lowest BCUT2D eigenvalue weighted by molar-refractivity contribution is -0.122. The fourth-order valence-corrected chi connectivity index (χ4v) is 10.2. The Labute approximate surface area is 137 Å². The average Bonchev–Trinajstić information content (AvgIpc) is 2.71. The van der Waals surface area contributed by atoms with E-state index in [2.05, 4.69) is 52.9 Å². The van der Waals surface area contributed by atoms with Gasteiger partial charge in [0.2, 0.25) is 5.91 Å². The highest BCUT2D eigenvalue weighted by atomic mass is 28.4. The summed E-state index contributed by atoms with van der Waals surface area (Å²) < 4.78 is 6.90. The Kier molecular flexibility index (Phi) is 5.10. The van der Waals surface area contributed by atoms with Gasteiger partial charge >= 0.3 is 0 Å². The minimum absolute atomic E-state index is 0.0368. The summed E-state index contributed by atoms with van der Waals surface area (Å²) >= 11 is 0. The topological polar surface area (TPSA) is 38.3 Å². The van der Waals surface area contributed by atoms with Crippen molar-refractivity contribution in [2.45, 2.75) is 84.0 Å². The molecule has 3 nitrogen and oxygen atoms in total. The van der Waals surface area contributed by atoms with Crippen LogP contribution in [0.25, 0.3) is 0 Å². The van der Waals surface area contributed by atoms with Crippen molar-refractivity contribution in [3.05, 3.63) is 11.8 Å². The zero-order chi connectivity index (χ0) is 16.7. The lowest BCUT2D eigenvalue weighted by Crippen LogP contribution is -2.49. The van der Waals surface area contributed by atoms with Crippen molar-refractivity contribution in [2.24, 2.45) is 11.8 Å². The number of amides is 1. The van der Waals surface area contributed by atoms with E-state index in [9.17, 15) is 4.79 Å². The summed E-state index contributed by atoms with van der Waals surface area (Å²) in [6, 6.07) is 0.278. The molecule has 1 fully saturated rings. The van der Waals surface area contributed by atoms with E-state index in [1.165, 1.54) is 0 Å². The van der Waals surface area contributed by atoms with Crippen LogP contribution in [0.15, 0.2) is 11.8 Å². The molecule has 3 atom stereocenters. The maximum Gasteiger partial charge on any atom is 0.258 e. The van der Waals surface area contributed by atoms with Crippen molar-refractivity contribution < 1.29 is 9.22 Å². The number of hydrogen-bond acceptors (Lipinski definition) is 2. The van der Waals surface area contributed by atoms with Gasteiger partial charge in [-0.2, -0.15) is 0 Å². The predicted octanol–water partition coefficient (Wildman–Crippen LogP) is 4.61. The lowest BCUT2D eigenvalue weighted by Gasteiger charge is -2.45. The molecule has 1 amide bonds. The van der Waals surface area contributed by atoms with E-state index in [0.717, 1.165) is 18.6 Å². The van der Waals surface area contributed by atoms with Gasteiger partial charge < -0.3 is 9.74 Å². The summed E-state index contributed by atoms with van der Waals surface area (Å²) in [7, 11) is -1.93. The highest BCUT2D eigenvalue weighted by Crippen LogP contribution is 2.47. The second-order valence-electron chi connectivity index (χ2n) is 8.03. The Balaban J connectivity index is 2.33. The SMILES string of the molecule is CC(C)[Si](OC1=CCC[C@H]2NC(=O)[C@@H](C)[C@@H]12)(C(C)C)C(C)C. The van der Waals surface area contributed by atoms with Gasteiger partial charge in [-0.05, 0) is 35.5 Å². The zero-order valence-electron chi connectivity index (χ0n) is 15.3. The van der Waals surface area contributed by atoms with Crippen molar-refractivity contribution in [3.63, 3.8) is 0 Å². The number of allylic oxidation sites excluding steroid dienone is 1. The van der Waals surface area contributed by atoms with Gasteiger partial charge in [-0.3, -0.25) is 4.79 Å². The Hall–Kier alpha value is -0.773. The highest BCUT2D eigenvalue weighted by molar-refractivity contribution is 6.77. The summed E-state index contributed by atoms with van der Waals surface area (Å²) in [5.74, 6) is 1.58. The summed E-state index contributed by atoms with van der Waals surface area (Å²) in [5, 5.41) is 3.16. The first-order valence-electron chi connectivity index (χ1n) is 8.91. The minimum Gasteiger partial charge on any atom is -0.546 e. The number of nitrogens with one attached hydrogen (secondary N) is 1. The Morgan fingerprint density at radius 2 is 1.68 bits per heavy atom. The van der Waals surface area contributed by atoms with Gasteiger partial charge in [0, 0.05) is 17.9 Å². The molecular formula is C18H33NO2Si. The summed E-state index contributed by atoms with van der Waals surface area (Å²) in [6.45, 7) is 15.9. The molecule has 0 aromatic heterocycles. The number of fused-ring (bicyclic) bond motifs is 1. The molecule has 1 heterocycles. The molecule has 1 N–H and O–H groups in total. The van der Waals surface area contributed by atoms with Crippen molar-refractivity contribution in [1.29, 1.82) is 0 Å². The van der Waals surface area contributed by atoms with E-state index in [1.54, 1.807) is 0 Å². The summed E-state index contributed by atoms with van der Waals surface area (Å²) in [4.78, 5) is 12.1. The number of rotatable bonds is 5. The predicted molar refractivity (Wildman–Crippen MR) is 94.0 cm³/mol. The van der Waals surface area contributed by atoms with Crippen molar-refractivity contribution in [3.8, 4) is 0 Å². The summed E-state index contributed by atoms with van der Waals surface area (Å²) in [6.07, 6.45) is 4.34. The van der Waals surface area contributed by atoms with Crippen LogP contribution in [0.1, 0.15) is 61.3 Å².